The van der Waals surface area contributed by atoms with Gasteiger partial charge in [0.15, 0.2) is 0 Å². The van der Waals surface area contributed by atoms with Gasteiger partial charge in [0.1, 0.15) is 22.3 Å². The number of hydrogen-bond donors (Lipinski definition) is 0. The fourth-order valence-electron chi connectivity index (χ4n) is 8.98. The Morgan fingerprint density at radius 3 is 1.51 bits per heavy atom. The van der Waals surface area contributed by atoms with E-state index in [-0.39, 0.29) is 0 Å². The third-order valence-corrected chi connectivity index (χ3v) is 11.9. The van der Waals surface area contributed by atoms with E-state index in [1.165, 1.54) is 43.8 Å². The average molecular weight is 754 g/mol. The molecule has 2 aromatic heterocycles. The van der Waals surface area contributed by atoms with Gasteiger partial charge in [0.25, 0.3) is 0 Å². The highest BCUT2D eigenvalue weighted by molar-refractivity contribution is 6.25. The van der Waals surface area contributed by atoms with Gasteiger partial charge in [-0.25, -0.2) is 0 Å². The highest BCUT2D eigenvalue weighted by atomic mass is 16.3. The fourth-order valence-corrected chi connectivity index (χ4v) is 8.98. The van der Waals surface area contributed by atoms with E-state index < -0.39 is 0 Å². The Morgan fingerprint density at radius 2 is 0.831 bits per heavy atom. The molecule has 0 unspecified atom stereocenters. The maximum atomic E-state index is 6.61. The van der Waals surface area contributed by atoms with Crippen molar-refractivity contribution < 1.29 is 8.83 Å². The van der Waals surface area contributed by atoms with Crippen LogP contribution in [0, 0.1) is 0 Å². The second-order valence-electron chi connectivity index (χ2n) is 15.3. The van der Waals surface area contributed by atoms with Crippen molar-refractivity contribution in [3.63, 3.8) is 0 Å². The zero-order chi connectivity index (χ0) is 38.9. The first kappa shape index (κ1) is 33.3. The van der Waals surface area contributed by atoms with Gasteiger partial charge in [-0.2, -0.15) is 0 Å². The third-order valence-electron chi connectivity index (χ3n) is 11.9. The number of nitrogens with zero attached hydrogens (tertiary/aromatic N) is 1. The van der Waals surface area contributed by atoms with Crippen molar-refractivity contribution in [3.05, 3.63) is 212 Å². The fraction of sp³-hybridized carbons (Fsp3) is 0. The van der Waals surface area contributed by atoms with E-state index in [4.69, 9.17) is 8.83 Å². The standard InChI is InChI=1S/C56H35NO2/c1-3-12-40-34-42(22-20-36(40)10-1)38-24-28-44(29-25-38)57(45-30-26-39(27-31-45)43-23-21-37-11-2-4-13-41(37)35-43)50-17-7-5-14-46(50)48-16-9-19-52-54(48)55-53(58-52)33-32-49-47-15-6-8-18-51(47)59-56(49)55/h1-35H. The Kier molecular flexibility index (Phi) is 7.54. The second-order valence-corrected chi connectivity index (χ2v) is 15.3. The Labute approximate surface area is 340 Å². The number of rotatable bonds is 6. The molecular weight excluding hydrogens is 719 g/mol. The zero-order valence-corrected chi connectivity index (χ0v) is 32.0. The molecule has 0 aliphatic carbocycles. The molecule has 0 fully saturated rings. The monoisotopic (exact) mass is 753 g/mol. The molecule has 0 radical (unpaired) electrons. The van der Waals surface area contributed by atoms with Gasteiger partial charge in [-0.1, -0.05) is 146 Å². The number of furan rings is 2. The number of benzene rings is 10. The molecule has 276 valence electrons. The second kappa shape index (κ2) is 13.4. The molecular formula is C56H35NO2. The molecule has 0 spiro atoms. The molecule has 0 aliphatic rings. The predicted octanol–water partition coefficient (Wildman–Crippen LogP) is 16.3. The van der Waals surface area contributed by atoms with Gasteiger partial charge in [-0.15, -0.1) is 0 Å². The summed E-state index contributed by atoms with van der Waals surface area (Å²) in [5.74, 6) is 0. The van der Waals surface area contributed by atoms with E-state index in [0.29, 0.717) is 0 Å². The normalized spacial score (nSPS) is 11.7. The maximum absolute atomic E-state index is 6.61. The van der Waals surface area contributed by atoms with Gasteiger partial charge in [-0.3, -0.25) is 0 Å². The summed E-state index contributed by atoms with van der Waals surface area (Å²) in [5, 5.41) is 9.16. The first-order valence-electron chi connectivity index (χ1n) is 20.1. The Bertz CT molecular complexity index is 3430. The van der Waals surface area contributed by atoms with Crippen LogP contribution in [0.2, 0.25) is 0 Å². The number of anilines is 3. The van der Waals surface area contributed by atoms with Crippen LogP contribution in [0.5, 0.6) is 0 Å². The van der Waals surface area contributed by atoms with E-state index in [1.54, 1.807) is 0 Å². The largest absolute Gasteiger partial charge is 0.456 e. The lowest BCUT2D eigenvalue weighted by Gasteiger charge is -2.28. The Balaban J connectivity index is 1.04. The van der Waals surface area contributed by atoms with Gasteiger partial charge in [0.2, 0.25) is 0 Å². The molecule has 3 heteroatoms. The van der Waals surface area contributed by atoms with Crippen LogP contribution in [0.25, 0.3) is 98.8 Å². The SMILES string of the molecule is c1ccc(N(c2ccc(-c3ccc4ccccc4c3)cc2)c2ccc(-c3ccc4ccccc4c3)cc2)c(-c2cccc3oc4ccc5c6ccccc6oc5c4c23)c1. The molecule has 12 rings (SSSR count). The molecule has 0 saturated carbocycles. The minimum atomic E-state index is 0.807. The van der Waals surface area contributed by atoms with Crippen molar-refractivity contribution in [2.45, 2.75) is 0 Å². The van der Waals surface area contributed by atoms with Gasteiger partial charge in [-0.05, 0) is 116 Å². The quantitative estimate of drug-likeness (QED) is 0.169. The molecule has 0 saturated heterocycles. The molecule has 0 amide bonds. The third kappa shape index (κ3) is 5.51. The summed E-state index contributed by atoms with van der Waals surface area (Å²) < 4.78 is 13.2. The molecule has 0 aliphatic heterocycles. The van der Waals surface area contributed by atoms with E-state index in [2.05, 4.69) is 205 Å². The van der Waals surface area contributed by atoms with Gasteiger partial charge < -0.3 is 13.7 Å². The summed E-state index contributed by atoms with van der Waals surface area (Å²) in [6.45, 7) is 0. The van der Waals surface area contributed by atoms with Crippen LogP contribution in [0.4, 0.5) is 17.1 Å². The van der Waals surface area contributed by atoms with Crippen LogP contribution in [0.15, 0.2) is 221 Å². The van der Waals surface area contributed by atoms with Crippen molar-refractivity contribution in [2.75, 3.05) is 4.90 Å². The van der Waals surface area contributed by atoms with E-state index in [1.807, 2.05) is 12.1 Å². The number of para-hydroxylation sites is 2. The van der Waals surface area contributed by atoms with Crippen LogP contribution < -0.4 is 4.90 Å². The van der Waals surface area contributed by atoms with Gasteiger partial charge >= 0.3 is 0 Å². The summed E-state index contributed by atoms with van der Waals surface area (Å²) >= 11 is 0. The first-order chi connectivity index (χ1) is 29.2. The summed E-state index contributed by atoms with van der Waals surface area (Å²) in [4.78, 5) is 2.38. The van der Waals surface area contributed by atoms with Crippen LogP contribution in [-0.4, -0.2) is 0 Å². The molecule has 2 heterocycles. The lowest BCUT2D eigenvalue weighted by molar-refractivity contribution is 0.663. The van der Waals surface area contributed by atoms with Crippen LogP contribution >= 0.6 is 0 Å². The topological polar surface area (TPSA) is 29.5 Å². The molecule has 0 N–H and O–H groups in total. The molecule has 0 atom stereocenters. The molecule has 10 aromatic carbocycles. The van der Waals surface area contributed by atoms with Gasteiger partial charge in [0.05, 0.1) is 11.1 Å². The lowest BCUT2D eigenvalue weighted by Crippen LogP contribution is -2.11. The lowest BCUT2D eigenvalue weighted by atomic mass is 9.96. The number of fused-ring (bicyclic) bond motifs is 9. The van der Waals surface area contributed by atoms with Crippen molar-refractivity contribution >= 4 is 82.5 Å². The maximum Gasteiger partial charge on any atom is 0.147 e. The Hall–Kier alpha value is -7.88. The van der Waals surface area contributed by atoms with E-state index in [9.17, 15) is 0 Å². The summed E-state index contributed by atoms with van der Waals surface area (Å²) in [5.41, 5.74) is 13.4. The molecule has 12 aromatic rings. The van der Waals surface area contributed by atoms with Crippen molar-refractivity contribution in [2.24, 2.45) is 0 Å². The van der Waals surface area contributed by atoms with Crippen molar-refractivity contribution in [3.8, 4) is 33.4 Å². The highest BCUT2D eigenvalue weighted by Crippen LogP contribution is 2.47. The van der Waals surface area contributed by atoms with E-state index in [0.717, 1.165) is 72.1 Å². The minimum Gasteiger partial charge on any atom is -0.456 e. The smallest absolute Gasteiger partial charge is 0.147 e. The predicted molar refractivity (Wildman–Crippen MR) is 247 cm³/mol. The van der Waals surface area contributed by atoms with Crippen LogP contribution in [-0.2, 0) is 0 Å². The van der Waals surface area contributed by atoms with E-state index >= 15 is 0 Å². The average Bonchev–Trinajstić information content (AvgIpc) is 3.88. The van der Waals surface area contributed by atoms with Gasteiger partial charge in [0, 0.05) is 33.1 Å². The van der Waals surface area contributed by atoms with Crippen molar-refractivity contribution in [1.29, 1.82) is 0 Å². The first-order valence-corrected chi connectivity index (χ1v) is 20.1. The van der Waals surface area contributed by atoms with Crippen LogP contribution in [0.3, 0.4) is 0 Å². The molecule has 59 heavy (non-hydrogen) atoms. The molecule has 3 nitrogen and oxygen atoms in total. The highest BCUT2D eigenvalue weighted by Gasteiger charge is 2.23. The van der Waals surface area contributed by atoms with Crippen LogP contribution in [0.1, 0.15) is 0 Å². The van der Waals surface area contributed by atoms with Crippen molar-refractivity contribution in [1.82, 2.24) is 0 Å². The Morgan fingerprint density at radius 1 is 0.305 bits per heavy atom. The summed E-state index contributed by atoms with van der Waals surface area (Å²) in [6.07, 6.45) is 0. The minimum absolute atomic E-state index is 0.807. The number of hydrogen-bond acceptors (Lipinski definition) is 3. The summed E-state index contributed by atoms with van der Waals surface area (Å²) in [7, 11) is 0. The summed E-state index contributed by atoms with van der Waals surface area (Å²) in [6, 6.07) is 75.9. The zero-order valence-electron chi connectivity index (χ0n) is 32.0. The molecule has 0 bridgehead atoms.